The summed E-state index contributed by atoms with van der Waals surface area (Å²) in [6, 6.07) is 5.91. The van der Waals surface area contributed by atoms with E-state index < -0.39 is 5.91 Å². The van der Waals surface area contributed by atoms with Gasteiger partial charge in [0.2, 0.25) is 5.91 Å². The van der Waals surface area contributed by atoms with Crippen LogP contribution in [0.15, 0.2) is 18.2 Å². The molecule has 0 aliphatic heterocycles. The van der Waals surface area contributed by atoms with Crippen molar-refractivity contribution >= 4 is 11.8 Å². The number of carbonyl (C=O) groups excluding carboxylic acids is 2. The number of rotatable bonds is 5. The Bertz CT molecular complexity index is 682. The van der Waals surface area contributed by atoms with Crippen molar-refractivity contribution in [1.82, 2.24) is 10.4 Å². The Morgan fingerprint density at radius 1 is 1.27 bits per heavy atom. The summed E-state index contributed by atoms with van der Waals surface area (Å²) in [6.07, 6.45) is 8.03. The van der Waals surface area contributed by atoms with E-state index in [1.165, 1.54) is 12.8 Å². The molecular formula is C21H30N2O3. The quantitative estimate of drug-likeness (QED) is 0.625. The minimum absolute atomic E-state index is 0.300. The molecule has 1 aromatic rings. The summed E-state index contributed by atoms with van der Waals surface area (Å²) in [5.74, 6) is -0.193. The molecule has 3 rings (SSSR count). The van der Waals surface area contributed by atoms with Gasteiger partial charge in [0.15, 0.2) is 0 Å². The molecule has 0 radical (unpaired) electrons. The first-order valence-corrected chi connectivity index (χ1v) is 9.86. The molecule has 0 bridgehead atoms. The first-order valence-electron chi connectivity index (χ1n) is 9.86. The van der Waals surface area contributed by atoms with Crippen LogP contribution in [-0.2, 0) is 17.6 Å². The van der Waals surface area contributed by atoms with Crippen LogP contribution in [0, 0.1) is 5.41 Å². The normalized spacial score (nSPS) is 22.7. The third-order valence-corrected chi connectivity index (χ3v) is 6.10. The largest absolute Gasteiger partial charge is 0.339 e. The van der Waals surface area contributed by atoms with E-state index in [0.717, 1.165) is 56.2 Å². The molecule has 5 nitrogen and oxygen atoms in total. The number of hydroxylamine groups is 1. The molecule has 2 aliphatic carbocycles. The Labute approximate surface area is 155 Å². The molecule has 5 heteroatoms. The van der Waals surface area contributed by atoms with Gasteiger partial charge in [0.1, 0.15) is 0 Å². The average Bonchev–Trinajstić information content (AvgIpc) is 3.19. The number of nitrogens with zero attached hydrogens (tertiary/aromatic N) is 1. The minimum atomic E-state index is -0.493. The Morgan fingerprint density at radius 3 is 2.65 bits per heavy atom. The van der Waals surface area contributed by atoms with Gasteiger partial charge in [-0.15, -0.1) is 0 Å². The number of carbonyl (C=O) groups is 2. The molecule has 1 atom stereocenters. The molecule has 1 fully saturated rings. The summed E-state index contributed by atoms with van der Waals surface area (Å²) in [4.78, 5) is 27.2. The Morgan fingerprint density at radius 2 is 2.00 bits per heavy atom. The molecule has 0 spiro atoms. The zero-order valence-electron chi connectivity index (χ0n) is 15.9. The van der Waals surface area contributed by atoms with E-state index in [-0.39, 0.29) is 5.41 Å². The lowest BCUT2D eigenvalue weighted by Gasteiger charge is -2.40. The van der Waals surface area contributed by atoms with Gasteiger partial charge >= 0.3 is 0 Å². The van der Waals surface area contributed by atoms with E-state index >= 15 is 0 Å². The predicted molar refractivity (Wildman–Crippen MR) is 100 cm³/mol. The standard InChI is InChI=1S/C21H30N2O3/c1-3-12-23(18-6-4-5-7-18)20(25)21(2)11-10-15-13-16(19(24)22-26)8-9-17(15)14-21/h8-9,13,18,26H,3-7,10-12,14H2,1-2H3,(H,22,24). The highest BCUT2D eigenvalue weighted by Crippen LogP contribution is 2.39. The average molecular weight is 358 g/mol. The van der Waals surface area contributed by atoms with Crippen molar-refractivity contribution in [3.8, 4) is 0 Å². The molecule has 0 heterocycles. The van der Waals surface area contributed by atoms with Gasteiger partial charge in [-0.3, -0.25) is 14.8 Å². The molecule has 2 aliphatic rings. The van der Waals surface area contributed by atoms with Crippen molar-refractivity contribution in [2.75, 3.05) is 6.54 Å². The maximum absolute atomic E-state index is 13.5. The minimum Gasteiger partial charge on any atom is -0.339 e. The highest BCUT2D eigenvalue weighted by atomic mass is 16.5. The van der Waals surface area contributed by atoms with Gasteiger partial charge in [-0.2, -0.15) is 0 Å². The van der Waals surface area contributed by atoms with Crippen LogP contribution < -0.4 is 5.48 Å². The summed E-state index contributed by atoms with van der Waals surface area (Å²) >= 11 is 0. The lowest BCUT2D eigenvalue weighted by atomic mass is 9.71. The highest BCUT2D eigenvalue weighted by Gasteiger charge is 2.41. The fourth-order valence-electron chi connectivity index (χ4n) is 4.59. The first kappa shape index (κ1) is 18.9. The van der Waals surface area contributed by atoms with E-state index in [2.05, 4.69) is 18.7 Å². The number of aryl methyl sites for hydroxylation is 1. The zero-order chi connectivity index (χ0) is 18.7. The molecule has 26 heavy (non-hydrogen) atoms. The number of hydrogen-bond acceptors (Lipinski definition) is 3. The van der Waals surface area contributed by atoms with Crippen molar-refractivity contribution in [1.29, 1.82) is 0 Å². The first-order chi connectivity index (χ1) is 12.5. The fourth-order valence-corrected chi connectivity index (χ4v) is 4.59. The maximum atomic E-state index is 13.5. The topological polar surface area (TPSA) is 69.6 Å². The second kappa shape index (κ2) is 7.78. The molecule has 0 saturated heterocycles. The lowest BCUT2D eigenvalue weighted by molar-refractivity contribution is -0.144. The summed E-state index contributed by atoms with van der Waals surface area (Å²) in [6.45, 7) is 5.09. The van der Waals surface area contributed by atoms with Crippen LogP contribution in [0.2, 0.25) is 0 Å². The Kier molecular flexibility index (Phi) is 5.66. The van der Waals surface area contributed by atoms with Crippen molar-refractivity contribution in [2.24, 2.45) is 5.41 Å². The van der Waals surface area contributed by atoms with Crippen molar-refractivity contribution in [3.05, 3.63) is 34.9 Å². The van der Waals surface area contributed by atoms with Gasteiger partial charge in [-0.25, -0.2) is 5.48 Å². The zero-order valence-corrected chi connectivity index (χ0v) is 15.9. The maximum Gasteiger partial charge on any atom is 0.274 e. The van der Waals surface area contributed by atoms with Gasteiger partial charge in [0, 0.05) is 18.2 Å². The third-order valence-electron chi connectivity index (χ3n) is 6.10. The Balaban J connectivity index is 1.80. The molecule has 142 valence electrons. The number of nitrogens with one attached hydrogen (secondary N) is 1. The molecular weight excluding hydrogens is 328 g/mol. The monoisotopic (exact) mass is 358 g/mol. The second-order valence-electron chi connectivity index (χ2n) is 8.10. The molecule has 0 aromatic heterocycles. The molecule has 2 amide bonds. The van der Waals surface area contributed by atoms with Crippen LogP contribution in [0.25, 0.3) is 0 Å². The van der Waals surface area contributed by atoms with Crippen LogP contribution in [0.4, 0.5) is 0 Å². The number of hydrogen-bond donors (Lipinski definition) is 2. The van der Waals surface area contributed by atoms with Crippen LogP contribution in [-0.4, -0.2) is 34.5 Å². The van der Waals surface area contributed by atoms with E-state index in [0.29, 0.717) is 17.5 Å². The number of amides is 2. The van der Waals surface area contributed by atoms with Gasteiger partial charge in [-0.05, 0) is 61.8 Å². The van der Waals surface area contributed by atoms with Gasteiger partial charge < -0.3 is 4.90 Å². The molecule has 2 N–H and O–H groups in total. The molecule has 1 unspecified atom stereocenters. The lowest BCUT2D eigenvalue weighted by Crippen LogP contribution is -2.49. The Hall–Kier alpha value is -1.88. The van der Waals surface area contributed by atoms with E-state index in [9.17, 15) is 9.59 Å². The van der Waals surface area contributed by atoms with E-state index in [4.69, 9.17) is 5.21 Å². The third kappa shape index (κ3) is 3.63. The number of benzene rings is 1. The fraction of sp³-hybridized carbons (Fsp3) is 0.619. The molecule has 1 aromatic carbocycles. The van der Waals surface area contributed by atoms with Crippen LogP contribution in [0.3, 0.4) is 0 Å². The van der Waals surface area contributed by atoms with Crippen molar-refractivity contribution in [2.45, 2.75) is 71.3 Å². The van der Waals surface area contributed by atoms with Gasteiger partial charge in [0.05, 0.1) is 5.41 Å². The predicted octanol–water partition coefficient (Wildman–Crippen LogP) is 3.48. The van der Waals surface area contributed by atoms with Gasteiger partial charge in [-0.1, -0.05) is 32.8 Å². The van der Waals surface area contributed by atoms with E-state index in [1.54, 1.807) is 11.5 Å². The highest BCUT2D eigenvalue weighted by molar-refractivity contribution is 5.93. The smallest absolute Gasteiger partial charge is 0.274 e. The van der Waals surface area contributed by atoms with Crippen LogP contribution >= 0.6 is 0 Å². The van der Waals surface area contributed by atoms with E-state index in [1.807, 2.05) is 12.1 Å². The van der Waals surface area contributed by atoms with Crippen LogP contribution in [0.5, 0.6) is 0 Å². The summed E-state index contributed by atoms with van der Waals surface area (Å²) in [5, 5.41) is 8.81. The molecule has 1 saturated carbocycles. The van der Waals surface area contributed by atoms with Crippen LogP contribution in [0.1, 0.15) is 73.9 Å². The SMILES string of the molecule is CCCN(C(=O)C1(C)CCc2cc(C(=O)NO)ccc2C1)C1CCCC1. The van der Waals surface area contributed by atoms with Gasteiger partial charge in [0.25, 0.3) is 5.91 Å². The second-order valence-corrected chi connectivity index (χ2v) is 8.10. The summed E-state index contributed by atoms with van der Waals surface area (Å²) in [7, 11) is 0. The number of fused-ring (bicyclic) bond motifs is 1. The summed E-state index contributed by atoms with van der Waals surface area (Å²) in [5.41, 5.74) is 4.03. The van der Waals surface area contributed by atoms with Crippen molar-refractivity contribution in [3.63, 3.8) is 0 Å². The van der Waals surface area contributed by atoms with Crippen molar-refractivity contribution < 1.29 is 14.8 Å². The summed E-state index contributed by atoms with van der Waals surface area (Å²) < 4.78 is 0.